The molecule has 0 amide bonds. The Morgan fingerprint density at radius 1 is 0.231 bits per heavy atom. The van der Waals surface area contributed by atoms with E-state index in [-0.39, 0.29) is 0 Å². The second kappa shape index (κ2) is 25.3. The Hall–Kier alpha value is -1.63. The molecule has 0 spiro atoms. The fraction of sp³-hybridized carbons (Fsp3) is 1.00. The van der Waals surface area contributed by atoms with Crippen molar-refractivity contribution in [2.45, 2.75) is 92.1 Å². The standard InChI is InChI=1S/C18H32O49S11/c19-68(20,21)52-1-4-7(60-71(28,29)30)10(58-17-15(66-77(46,47)48)12(64-75(40,41)42)9(62-73(34,35)36)5(56-17)2-53-69(22,23)24)14(65-76(43,44)45)16(55-4)59-13-11(63-74(37,38)39)8(61-72(31,32)33)6(3-54-70(25,26)27)57-18(13)67-78(49,50)51/h4-18H,1-3H2,(H,19,20,21)(H,22,23,24)(H,25,26,27)(H,28,29,30)(H,31,32,33)(H,34,35,36)(H,37,38,39)(H,40,41,42)(H,43,44,45)(H,46,47,48)(H,49,50,51)/t4-,5-,6-,7-,8-,9-,10+,11+,12+,13+,14+,15+,16-,17-,18?/m1/s1. The van der Waals surface area contributed by atoms with Gasteiger partial charge in [0.1, 0.15) is 61.0 Å². The van der Waals surface area contributed by atoms with E-state index in [0.29, 0.717) is 0 Å². The molecule has 0 bridgehead atoms. The van der Waals surface area contributed by atoms with Crippen LogP contribution >= 0.6 is 0 Å². The molecule has 0 aromatic rings. The fourth-order valence-electron chi connectivity index (χ4n) is 6.28. The van der Waals surface area contributed by atoms with Gasteiger partial charge in [0.15, 0.2) is 24.8 Å². The molecule has 15 atom stereocenters. The summed E-state index contributed by atoms with van der Waals surface area (Å²) < 4.78 is 439. The second-order valence-electron chi connectivity index (χ2n) is 13.9. The maximum Gasteiger partial charge on any atom is 0.399 e. The molecule has 3 aliphatic heterocycles. The molecule has 3 aliphatic rings. The molecule has 3 saturated heterocycles. The molecule has 0 aliphatic carbocycles. The molecule has 3 rings (SSSR count). The largest absolute Gasteiger partial charge is 0.399 e. The Morgan fingerprint density at radius 2 is 0.436 bits per heavy atom. The summed E-state index contributed by atoms with van der Waals surface area (Å²) >= 11 is 0. The Balaban J connectivity index is 2.60. The molecule has 3 fully saturated rings. The molecular formula is C18H32O49S11. The van der Waals surface area contributed by atoms with Crippen LogP contribution in [-0.4, -0.2) is 255 Å². The van der Waals surface area contributed by atoms with Crippen LogP contribution in [0.15, 0.2) is 0 Å². The second-order valence-corrected chi connectivity index (χ2v) is 25.6. The van der Waals surface area contributed by atoms with Crippen LogP contribution in [0.4, 0.5) is 0 Å². The van der Waals surface area contributed by atoms with Crippen LogP contribution in [0.3, 0.4) is 0 Å². The van der Waals surface area contributed by atoms with E-state index in [9.17, 15) is 138 Å². The third-order valence-electron chi connectivity index (χ3n) is 8.35. The average molecular weight is 1390 g/mol. The van der Waals surface area contributed by atoms with Crippen molar-refractivity contribution in [2.75, 3.05) is 19.8 Å². The molecule has 11 N–H and O–H groups in total. The number of hydrogen-bond acceptors (Lipinski definition) is 38. The van der Waals surface area contributed by atoms with Gasteiger partial charge in [-0.2, -0.15) is 92.6 Å². The highest BCUT2D eigenvalue weighted by molar-refractivity contribution is 7.83. The monoisotopic (exact) mass is 1380 g/mol. The van der Waals surface area contributed by atoms with Crippen molar-refractivity contribution in [1.82, 2.24) is 0 Å². The lowest BCUT2D eigenvalue weighted by Gasteiger charge is -2.49. The zero-order chi connectivity index (χ0) is 60.6. The Labute approximate surface area is 436 Å². The van der Waals surface area contributed by atoms with E-state index in [1.165, 1.54) is 0 Å². The topological polar surface area (TPSA) is 746 Å². The van der Waals surface area contributed by atoms with Gasteiger partial charge in [-0.25, -0.2) is 46.0 Å². The summed E-state index contributed by atoms with van der Waals surface area (Å²) in [5, 5.41) is 0. The quantitative estimate of drug-likeness (QED) is 0.0310. The highest BCUT2D eigenvalue weighted by Gasteiger charge is 2.61. The van der Waals surface area contributed by atoms with E-state index in [1.54, 1.807) is 0 Å². The third-order valence-corrected chi connectivity index (χ3v) is 13.3. The van der Waals surface area contributed by atoms with Crippen LogP contribution < -0.4 is 0 Å². The first-order chi connectivity index (χ1) is 34.5. The summed E-state index contributed by atoms with van der Waals surface area (Å²) in [6.45, 7) is -6.45. The Morgan fingerprint density at radius 3 is 0.705 bits per heavy atom. The van der Waals surface area contributed by atoms with Gasteiger partial charge in [0, 0.05) is 0 Å². The smallest absolute Gasteiger partial charge is 0.341 e. The molecule has 0 aromatic carbocycles. The van der Waals surface area contributed by atoms with Gasteiger partial charge in [-0.05, 0) is 0 Å². The van der Waals surface area contributed by atoms with Gasteiger partial charge in [0.2, 0.25) is 6.29 Å². The molecule has 78 heavy (non-hydrogen) atoms. The maximum atomic E-state index is 12.5. The summed E-state index contributed by atoms with van der Waals surface area (Å²) in [6.07, 6.45) is -53.1. The molecule has 1 unspecified atom stereocenters. The molecule has 3 heterocycles. The summed E-state index contributed by atoms with van der Waals surface area (Å²) in [5.74, 6) is 0. The average Bonchev–Trinajstić information content (AvgIpc) is 3.14. The zero-order valence-corrected chi connectivity index (χ0v) is 44.7. The van der Waals surface area contributed by atoms with Crippen molar-refractivity contribution >= 4 is 114 Å². The Kier molecular flexibility index (Phi) is 22.9. The molecule has 60 heteroatoms. The van der Waals surface area contributed by atoms with E-state index < -0.39 is 226 Å². The number of hydrogen-bond donors (Lipinski definition) is 11. The van der Waals surface area contributed by atoms with E-state index >= 15 is 0 Å². The highest BCUT2D eigenvalue weighted by Crippen LogP contribution is 2.40. The van der Waals surface area contributed by atoms with Crippen LogP contribution in [0.5, 0.6) is 0 Å². The van der Waals surface area contributed by atoms with Gasteiger partial charge in [-0.3, -0.25) is 50.1 Å². The van der Waals surface area contributed by atoms with E-state index in [0.717, 1.165) is 0 Å². The first kappa shape index (κ1) is 70.6. The van der Waals surface area contributed by atoms with Gasteiger partial charge in [-0.1, -0.05) is 0 Å². The molecule has 0 saturated carbocycles. The first-order valence-electron chi connectivity index (χ1n) is 17.8. The Bertz CT molecular complexity index is 3410. The predicted molar refractivity (Wildman–Crippen MR) is 216 cm³/mol. The van der Waals surface area contributed by atoms with Crippen molar-refractivity contribution in [3.63, 3.8) is 0 Å². The molecular weight excluding hydrogens is 1350 g/mol. The van der Waals surface area contributed by atoms with Crippen molar-refractivity contribution in [2.24, 2.45) is 0 Å². The van der Waals surface area contributed by atoms with Crippen molar-refractivity contribution in [3.8, 4) is 0 Å². The first-order valence-corrected chi connectivity index (χ1v) is 32.9. The van der Waals surface area contributed by atoms with Crippen LogP contribution in [0.1, 0.15) is 0 Å². The summed E-state index contributed by atoms with van der Waals surface area (Å²) in [5.41, 5.74) is 0. The van der Waals surface area contributed by atoms with Gasteiger partial charge in [-0.15, -0.1) is 0 Å². The van der Waals surface area contributed by atoms with Gasteiger partial charge in [0.05, 0.1) is 19.8 Å². The van der Waals surface area contributed by atoms with Crippen molar-refractivity contribution in [3.05, 3.63) is 0 Å². The van der Waals surface area contributed by atoms with Crippen LogP contribution in [0, 0.1) is 0 Å². The van der Waals surface area contributed by atoms with Crippen molar-refractivity contribution < 1.29 is 212 Å². The predicted octanol–water partition coefficient (Wildman–Crippen LogP) is -9.47. The normalized spacial score (nSPS) is 31.9. The lowest BCUT2D eigenvalue weighted by atomic mass is 9.96. The molecule has 49 nitrogen and oxygen atoms in total. The van der Waals surface area contributed by atoms with Crippen LogP contribution in [-0.2, 0) is 184 Å². The minimum absolute atomic E-state index is 2.06. The van der Waals surface area contributed by atoms with Gasteiger partial charge in [0.25, 0.3) is 0 Å². The SMILES string of the molecule is O=S(=O)(O)OC[C@H]1O[C@H](O[C@@H]2C(OS(=O)(=O)O)O[C@H](COS(=O)(=O)O)[C@@H](OS(=O)(=O)O)[C@@H]2OS(=O)(=O)O)[C@@H](OS(=O)(=O)O)[C@@H](O[C@H]2O[C@H](COS(=O)(=O)O)[C@@H](OS(=O)(=O)O)[C@H](OS(=O)(=O)O)[C@@H]2OS(=O)(=O)O)[C@@H]1OS(=O)(=O)O. The van der Waals surface area contributed by atoms with Crippen LogP contribution in [0.2, 0.25) is 0 Å². The van der Waals surface area contributed by atoms with Crippen molar-refractivity contribution in [1.29, 1.82) is 0 Å². The van der Waals surface area contributed by atoms with Gasteiger partial charge < -0.3 is 23.7 Å². The van der Waals surface area contributed by atoms with Crippen LogP contribution in [0.25, 0.3) is 0 Å². The highest BCUT2D eigenvalue weighted by atomic mass is 32.3. The minimum atomic E-state index is -6.63. The summed E-state index contributed by atoms with van der Waals surface area (Å²) in [6, 6.07) is 0. The molecule has 0 radical (unpaired) electrons. The van der Waals surface area contributed by atoms with E-state index in [4.69, 9.17) is 28.2 Å². The van der Waals surface area contributed by atoms with E-state index in [1.807, 2.05) is 0 Å². The lowest BCUT2D eigenvalue weighted by molar-refractivity contribution is -0.370. The summed E-state index contributed by atoms with van der Waals surface area (Å²) in [7, 11) is -69.2. The lowest BCUT2D eigenvalue weighted by Crippen LogP contribution is -2.69. The molecule has 0 aromatic heterocycles. The van der Waals surface area contributed by atoms with E-state index in [2.05, 4.69) is 46.0 Å². The van der Waals surface area contributed by atoms with Gasteiger partial charge >= 0.3 is 114 Å². The fourth-order valence-corrected chi connectivity index (χ4v) is 11.1. The zero-order valence-electron chi connectivity index (χ0n) is 35.7. The third kappa shape index (κ3) is 25.9. The summed E-state index contributed by atoms with van der Waals surface area (Å²) in [4.78, 5) is 0. The number of ether oxygens (including phenoxy) is 5. The minimum Gasteiger partial charge on any atom is -0.341 e. The molecule has 464 valence electrons. The maximum absolute atomic E-state index is 12.5. The number of rotatable bonds is 29.